The number of H-pyrrole nitrogens is 1. The molecule has 4 heteroatoms. The lowest BCUT2D eigenvalue weighted by molar-refractivity contribution is 0.834. The van der Waals surface area contributed by atoms with Crippen LogP contribution in [0.5, 0.6) is 0 Å². The number of unbranched alkanes of at least 4 members (excludes halogenated alkanes) is 1. The molecule has 1 aromatic carbocycles. The molecule has 0 aliphatic carbocycles. The van der Waals surface area contributed by atoms with Crippen LogP contribution >= 0.6 is 0 Å². The van der Waals surface area contributed by atoms with Crippen LogP contribution in [0.4, 0.5) is 5.69 Å². The fourth-order valence-corrected chi connectivity index (χ4v) is 1.70. The summed E-state index contributed by atoms with van der Waals surface area (Å²) < 4.78 is 0. The molecular formula is C13H18N4. The first-order valence-electron chi connectivity index (χ1n) is 6.03. The summed E-state index contributed by atoms with van der Waals surface area (Å²) in [6.45, 7) is 5.08. The number of hydrogen-bond donors (Lipinski definition) is 2. The summed E-state index contributed by atoms with van der Waals surface area (Å²) in [6.07, 6.45) is 2.36. The second kappa shape index (κ2) is 5.48. The van der Waals surface area contributed by atoms with E-state index >= 15 is 0 Å². The van der Waals surface area contributed by atoms with Gasteiger partial charge < -0.3 is 5.32 Å². The standard InChI is InChI=1S/C13H18N4/c1-3-4-9-14-12-8-6-5-7-11(12)13-15-10(2)16-17-13/h5-8,14H,3-4,9H2,1-2H3,(H,15,16,17). The van der Waals surface area contributed by atoms with Crippen LogP contribution < -0.4 is 5.32 Å². The molecule has 0 bridgehead atoms. The quantitative estimate of drug-likeness (QED) is 0.776. The highest BCUT2D eigenvalue weighted by Crippen LogP contribution is 2.24. The number of anilines is 1. The van der Waals surface area contributed by atoms with E-state index < -0.39 is 0 Å². The number of rotatable bonds is 5. The van der Waals surface area contributed by atoms with E-state index in [2.05, 4.69) is 33.5 Å². The maximum Gasteiger partial charge on any atom is 0.183 e. The van der Waals surface area contributed by atoms with Gasteiger partial charge in [-0.3, -0.25) is 5.10 Å². The molecule has 2 aromatic rings. The summed E-state index contributed by atoms with van der Waals surface area (Å²) in [4.78, 5) is 4.36. The predicted molar refractivity (Wildman–Crippen MR) is 70.0 cm³/mol. The fourth-order valence-electron chi connectivity index (χ4n) is 1.70. The first kappa shape index (κ1) is 11.6. The maximum atomic E-state index is 4.36. The topological polar surface area (TPSA) is 53.6 Å². The van der Waals surface area contributed by atoms with Gasteiger partial charge in [0.25, 0.3) is 0 Å². The second-order valence-corrected chi connectivity index (χ2v) is 4.07. The zero-order chi connectivity index (χ0) is 12.1. The lowest BCUT2D eigenvalue weighted by Crippen LogP contribution is -2.02. The molecule has 2 rings (SSSR count). The maximum absolute atomic E-state index is 4.36. The molecule has 0 atom stereocenters. The van der Waals surface area contributed by atoms with E-state index in [0.717, 1.165) is 29.4 Å². The number of hydrogen-bond acceptors (Lipinski definition) is 3. The van der Waals surface area contributed by atoms with Gasteiger partial charge in [0.2, 0.25) is 0 Å². The van der Waals surface area contributed by atoms with Gasteiger partial charge in [0.15, 0.2) is 5.82 Å². The Hall–Kier alpha value is -1.84. The Morgan fingerprint density at radius 3 is 2.82 bits per heavy atom. The number of nitrogens with zero attached hydrogens (tertiary/aromatic N) is 2. The van der Waals surface area contributed by atoms with Crippen LogP contribution in [0.1, 0.15) is 25.6 Å². The molecule has 0 unspecified atom stereocenters. The first-order valence-corrected chi connectivity index (χ1v) is 6.03. The summed E-state index contributed by atoms with van der Waals surface area (Å²) in [5, 5.41) is 10.5. The normalized spacial score (nSPS) is 10.5. The van der Waals surface area contributed by atoms with Crippen molar-refractivity contribution in [1.29, 1.82) is 0 Å². The van der Waals surface area contributed by atoms with Gasteiger partial charge in [-0.05, 0) is 25.5 Å². The summed E-state index contributed by atoms with van der Waals surface area (Å²) in [6, 6.07) is 8.14. The van der Waals surface area contributed by atoms with Crippen LogP contribution in [0, 0.1) is 6.92 Å². The number of aromatic amines is 1. The van der Waals surface area contributed by atoms with Gasteiger partial charge in [-0.1, -0.05) is 25.5 Å². The molecule has 1 heterocycles. The molecule has 4 nitrogen and oxygen atoms in total. The van der Waals surface area contributed by atoms with Gasteiger partial charge in [0, 0.05) is 17.8 Å². The molecule has 0 fully saturated rings. The first-order chi connectivity index (χ1) is 8.31. The molecule has 0 saturated carbocycles. The van der Waals surface area contributed by atoms with Crippen molar-refractivity contribution in [3.05, 3.63) is 30.1 Å². The van der Waals surface area contributed by atoms with E-state index in [-0.39, 0.29) is 0 Å². The molecule has 0 aliphatic heterocycles. The predicted octanol–water partition coefficient (Wildman–Crippen LogP) is 2.99. The zero-order valence-corrected chi connectivity index (χ0v) is 10.3. The van der Waals surface area contributed by atoms with Crippen molar-refractivity contribution in [2.45, 2.75) is 26.7 Å². The highest BCUT2D eigenvalue weighted by Gasteiger charge is 2.08. The largest absolute Gasteiger partial charge is 0.384 e. The van der Waals surface area contributed by atoms with Crippen LogP contribution in [0.15, 0.2) is 24.3 Å². The van der Waals surface area contributed by atoms with E-state index in [1.807, 2.05) is 25.1 Å². The van der Waals surface area contributed by atoms with E-state index in [1.54, 1.807) is 0 Å². The number of aryl methyl sites for hydroxylation is 1. The van der Waals surface area contributed by atoms with Crippen molar-refractivity contribution < 1.29 is 0 Å². The zero-order valence-electron chi connectivity index (χ0n) is 10.3. The number of aromatic nitrogens is 3. The number of nitrogens with one attached hydrogen (secondary N) is 2. The van der Waals surface area contributed by atoms with Gasteiger partial charge in [0.1, 0.15) is 5.82 Å². The van der Waals surface area contributed by atoms with Crippen molar-refractivity contribution in [2.75, 3.05) is 11.9 Å². The SMILES string of the molecule is CCCCNc1ccccc1-c1n[nH]c(C)n1. The van der Waals surface area contributed by atoms with Crippen molar-refractivity contribution in [2.24, 2.45) is 0 Å². The molecule has 0 spiro atoms. The van der Waals surface area contributed by atoms with Gasteiger partial charge in [0.05, 0.1) is 0 Å². The average Bonchev–Trinajstić information content (AvgIpc) is 2.77. The minimum Gasteiger partial charge on any atom is -0.384 e. The highest BCUT2D eigenvalue weighted by molar-refractivity contribution is 5.73. The Bertz CT molecular complexity index is 476. The van der Waals surface area contributed by atoms with Crippen LogP contribution in [0.2, 0.25) is 0 Å². The molecule has 0 saturated heterocycles. The summed E-state index contributed by atoms with van der Waals surface area (Å²) in [7, 11) is 0. The van der Waals surface area contributed by atoms with Crippen LogP contribution in [-0.2, 0) is 0 Å². The third-order valence-electron chi connectivity index (χ3n) is 2.61. The Labute approximate surface area is 101 Å². The molecule has 0 aliphatic rings. The van der Waals surface area contributed by atoms with E-state index in [4.69, 9.17) is 0 Å². The third-order valence-corrected chi connectivity index (χ3v) is 2.61. The van der Waals surface area contributed by atoms with Gasteiger partial charge in [-0.2, -0.15) is 5.10 Å². The van der Waals surface area contributed by atoms with E-state index in [1.165, 1.54) is 12.8 Å². The van der Waals surface area contributed by atoms with Crippen molar-refractivity contribution in [3.63, 3.8) is 0 Å². The fraction of sp³-hybridized carbons (Fsp3) is 0.385. The van der Waals surface area contributed by atoms with E-state index in [9.17, 15) is 0 Å². The monoisotopic (exact) mass is 230 g/mol. The van der Waals surface area contributed by atoms with E-state index in [0.29, 0.717) is 0 Å². The summed E-state index contributed by atoms with van der Waals surface area (Å²) in [5.41, 5.74) is 2.15. The molecule has 0 radical (unpaired) electrons. The highest BCUT2D eigenvalue weighted by atomic mass is 15.2. The van der Waals surface area contributed by atoms with Gasteiger partial charge in [-0.25, -0.2) is 4.98 Å². The lowest BCUT2D eigenvalue weighted by atomic mass is 10.1. The Kier molecular flexibility index (Phi) is 3.75. The molecule has 1 aromatic heterocycles. The molecule has 90 valence electrons. The summed E-state index contributed by atoms with van der Waals surface area (Å²) >= 11 is 0. The van der Waals surface area contributed by atoms with Gasteiger partial charge >= 0.3 is 0 Å². The minimum atomic E-state index is 0.752. The second-order valence-electron chi connectivity index (χ2n) is 4.07. The van der Waals surface area contributed by atoms with Crippen LogP contribution in [-0.4, -0.2) is 21.7 Å². The minimum absolute atomic E-state index is 0.752. The number of benzene rings is 1. The summed E-state index contributed by atoms with van der Waals surface area (Å²) in [5.74, 6) is 1.59. The Morgan fingerprint density at radius 2 is 2.12 bits per heavy atom. The van der Waals surface area contributed by atoms with Crippen molar-refractivity contribution in [1.82, 2.24) is 15.2 Å². The van der Waals surface area contributed by atoms with Crippen LogP contribution in [0.25, 0.3) is 11.4 Å². The smallest absolute Gasteiger partial charge is 0.183 e. The van der Waals surface area contributed by atoms with Gasteiger partial charge in [-0.15, -0.1) is 0 Å². The third kappa shape index (κ3) is 2.84. The average molecular weight is 230 g/mol. The molecule has 2 N–H and O–H groups in total. The van der Waals surface area contributed by atoms with Crippen molar-refractivity contribution in [3.8, 4) is 11.4 Å². The lowest BCUT2D eigenvalue weighted by Gasteiger charge is -2.09. The number of para-hydroxylation sites is 1. The Morgan fingerprint density at radius 1 is 1.29 bits per heavy atom. The van der Waals surface area contributed by atoms with Crippen molar-refractivity contribution >= 4 is 5.69 Å². The molecular weight excluding hydrogens is 212 g/mol. The molecule has 17 heavy (non-hydrogen) atoms. The molecule has 0 amide bonds. The Balaban J connectivity index is 2.21. The van der Waals surface area contributed by atoms with Crippen LogP contribution in [0.3, 0.4) is 0 Å².